The number of nitrogens with zero attached hydrogens (tertiary/aromatic N) is 2. The van der Waals surface area contributed by atoms with Crippen molar-refractivity contribution in [1.29, 1.82) is 0 Å². The van der Waals surface area contributed by atoms with Gasteiger partial charge in [-0.25, -0.2) is 4.79 Å². The number of amides is 2. The van der Waals surface area contributed by atoms with Crippen LogP contribution in [0.2, 0.25) is 5.02 Å². The van der Waals surface area contributed by atoms with Crippen molar-refractivity contribution in [3.05, 3.63) is 59.4 Å². The van der Waals surface area contributed by atoms with E-state index in [-0.39, 0.29) is 6.03 Å². The van der Waals surface area contributed by atoms with Gasteiger partial charge in [0.05, 0.1) is 0 Å². The molecule has 6 nitrogen and oxygen atoms in total. The maximum absolute atomic E-state index is 12.0. The van der Waals surface area contributed by atoms with Gasteiger partial charge in [-0.2, -0.15) is 0 Å². The Labute approximate surface area is 137 Å². The second kappa shape index (κ2) is 6.50. The number of aromatic nitrogens is 2. The molecule has 2 aromatic carbocycles. The Kier molecular flexibility index (Phi) is 4.25. The summed E-state index contributed by atoms with van der Waals surface area (Å²) in [6.45, 7) is 1.72. The summed E-state index contributed by atoms with van der Waals surface area (Å²) in [5, 5.41) is 13.7. The first-order valence-electron chi connectivity index (χ1n) is 6.84. The summed E-state index contributed by atoms with van der Waals surface area (Å²) < 4.78 is 5.37. The van der Waals surface area contributed by atoms with Crippen molar-refractivity contribution in [2.75, 3.05) is 10.6 Å². The van der Waals surface area contributed by atoms with Crippen molar-refractivity contribution in [1.82, 2.24) is 10.2 Å². The normalized spacial score (nSPS) is 10.3. The van der Waals surface area contributed by atoms with Crippen LogP contribution in [-0.2, 0) is 0 Å². The monoisotopic (exact) mass is 328 g/mol. The number of halogens is 1. The molecule has 0 aliphatic rings. The molecule has 1 heterocycles. The molecule has 0 aliphatic heterocycles. The first kappa shape index (κ1) is 15.1. The molecule has 3 aromatic rings. The summed E-state index contributed by atoms with van der Waals surface area (Å²) in [5.41, 5.74) is 1.95. The van der Waals surface area contributed by atoms with E-state index in [2.05, 4.69) is 20.8 Å². The van der Waals surface area contributed by atoms with E-state index in [0.29, 0.717) is 28.2 Å². The van der Waals surface area contributed by atoms with Gasteiger partial charge in [-0.15, -0.1) is 10.2 Å². The standard InChI is InChI=1S/C16H13ClN4O2/c1-10-20-21-15(23-10)11-4-2-6-13(8-11)18-16(22)19-14-7-3-5-12(17)9-14/h2-9H,1H3,(H2,18,19,22). The van der Waals surface area contributed by atoms with Gasteiger partial charge in [-0.1, -0.05) is 23.7 Å². The largest absolute Gasteiger partial charge is 0.421 e. The van der Waals surface area contributed by atoms with Crippen LogP contribution in [0.4, 0.5) is 16.2 Å². The molecule has 0 radical (unpaired) electrons. The number of nitrogens with one attached hydrogen (secondary N) is 2. The molecule has 0 fully saturated rings. The van der Waals surface area contributed by atoms with Gasteiger partial charge < -0.3 is 15.1 Å². The summed E-state index contributed by atoms with van der Waals surface area (Å²) in [4.78, 5) is 12.0. The lowest BCUT2D eigenvalue weighted by Gasteiger charge is -2.08. The predicted molar refractivity (Wildman–Crippen MR) is 88.6 cm³/mol. The molecule has 0 bridgehead atoms. The topological polar surface area (TPSA) is 80.0 Å². The number of hydrogen-bond donors (Lipinski definition) is 2. The van der Waals surface area contributed by atoms with E-state index in [1.165, 1.54) is 0 Å². The maximum atomic E-state index is 12.0. The molecule has 0 unspecified atom stereocenters. The van der Waals surface area contributed by atoms with E-state index >= 15 is 0 Å². The zero-order valence-corrected chi connectivity index (χ0v) is 13.0. The molecule has 2 N–H and O–H groups in total. The van der Waals surface area contributed by atoms with Crippen molar-refractivity contribution in [3.63, 3.8) is 0 Å². The Morgan fingerprint density at radius 2 is 1.74 bits per heavy atom. The highest BCUT2D eigenvalue weighted by molar-refractivity contribution is 6.30. The van der Waals surface area contributed by atoms with E-state index < -0.39 is 0 Å². The Morgan fingerprint density at radius 1 is 1.04 bits per heavy atom. The second-order valence-corrected chi connectivity index (χ2v) is 5.23. The average Bonchev–Trinajstić information content (AvgIpc) is 2.94. The highest BCUT2D eigenvalue weighted by Gasteiger charge is 2.08. The van der Waals surface area contributed by atoms with Crippen LogP contribution in [0.15, 0.2) is 52.9 Å². The zero-order chi connectivity index (χ0) is 16.2. The minimum Gasteiger partial charge on any atom is -0.421 e. The number of rotatable bonds is 3. The number of benzene rings is 2. The van der Waals surface area contributed by atoms with Gasteiger partial charge in [0, 0.05) is 28.9 Å². The Balaban J connectivity index is 1.71. The third-order valence-electron chi connectivity index (χ3n) is 2.98. The summed E-state index contributed by atoms with van der Waals surface area (Å²) in [6, 6.07) is 13.7. The smallest absolute Gasteiger partial charge is 0.323 e. The minimum atomic E-state index is -0.369. The predicted octanol–water partition coefficient (Wildman–Crippen LogP) is 4.34. The quantitative estimate of drug-likeness (QED) is 0.749. The number of carbonyl (C=O) groups excluding carboxylic acids is 1. The Hall–Kier alpha value is -2.86. The number of hydrogen-bond acceptors (Lipinski definition) is 4. The fourth-order valence-electron chi connectivity index (χ4n) is 2.00. The Morgan fingerprint density at radius 3 is 2.39 bits per heavy atom. The molecule has 0 saturated carbocycles. The average molecular weight is 329 g/mol. The lowest BCUT2D eigenvalue weighted by atomic mass is 10.2. The van der Waals surface area contributed by atoms with Crippen LogP contribution in [0.5, 0.6) is 0 Å². The molecular weight excluding hydrogens is 316 g/mol. The summed E-state index contributed by atoms with van der Waals surface area (Å²) in [5.74, 6) is 0.887. The van der Waals surface area contributed by atoms with E-state index in [4.69, 9.17) is 16.0 Å². The van der Waals surface area contributed by atoms with Crippen molar-refractivity contribution >= 4 is 29.0 Å². The minimum absolute atomic E-state index is 0.369. The molecule has 0 saturated heterocycles. The van der Waals surface area contributed by atoms with E-state index in [1.54, 1.807) is 49.4 Å². The second-order valence-electron chi connectivity index (χ2n) is 4.80. The molecule has 0 spiro atoms. The van der Waals surface area contributed by atoms with E-state index in [0.717, 1.165) is 5.56 Å². The number of carbonyl (C=O) groups is 1. The van der Waals surface area contributed by atoms with Crippen molar-refractivity contribution < 1.29 is 9.21 Å². The van der Waals surface area contributed by atoms with Crippen LogP contribution in [0.1, 0.15) is 5.89 Å². The number of urea groups is 1. The van der Waals surface area contributed by atoms with Crippen LogP contribution < -0.4 is 10.6 Å². The number of aryl methyl sites for hydroxylation is 1. The highest BCUT2D eigenvalue weighted by Crippen LogP contribution is 2.21. The van der Waals surface area contributed by atoms with Gasteiger partial charge in [0.25, 0.3) is 0 Å². The van der Waals surface area contributed by atoms with Crippen LogP contribution in [0.3, 0.4) is 0 Å². The van der Waals surface area contributed by atoms with Crippen molar-refractivity contribution in [3.8, 4) is 11.5 Å². The van der Waals surface area contributed by atoms with E-state index in [9.17, 15) is 4.79 Å². The molecule has 2 amide bonds. The van der Waals surface area contributed by atoms with Crippen LogP contribution in [-0.4, -0.2) is 16.2 Å². The van der Waals surface area contributed by atoms with Gasteiger partial charge in [0.15, 0.2) is 0 Å². The molecule has 7 heteroatoms. The Bertz CT molecular complexity index is 847. The summed E-state index contributed by atoms with van der Waals surface area (Å²) in [6.07, 6.45) is 0. The van der Waals surface area contributed by atoms with Crippen LogP contribution >= 0.6 is 11.6 Å². The van der Waals surface area contributed by atoms with Crippen LogP contribution in [0, 0.1) is 6.92 Å². The molecule has 1 aromatic heterocycles. The van der Waals surface area contributed by atoms with E-state index in [1.807, 2.05) is 6.07 Å². The fraction of sp³-hybridized carbons (Fsp3) is 0.0625. The van der Waals surface area contributed by atoms with Crippen molar-refractivity contribution in [2.24, 2.45) is 0 Å². The van der Waals surface area contributed by atoms with Gasteiger partial charge in [0.1, 0.15) is 0 Å². The van der Waals surface area contributed by atoms with Crippen LogP contribution in [0.25, 0.3) is 11.5 Å². The zero-order valence-electron chi connectivity index (χ0n) is 12.2. The molecule has 23 heavy (non-hydrogen) atoms. The maximum Gasteiger partial charge on any atom is 0.323 e. The first-order valence-corrected chi connectivity index (χ1v) is 7.22. The third kappa shape index (κ3) is 3.87. The SMILES string of the molecule is Cc1nnc(-c2cccc(NC(=O)Nc3cccc(Cl)c3)c2)o1. The van der Waals surface area contributed by atoms with Gasteiger partial charge in [0.2, 0.25) is 11.8 Å². The number of anilines is 2. The molecular formula is C16H13ClN4O2. The molecule has 3 rings (SSSR count). The lowest BCUT2D eigenvalue weighted by molar-refractivity contribution is 0.262. The fourth-order valence-corrected chi connectivity index (χ4v) is 2.19. The molecule has 0 aliphatic carbocycles. The molecule has 0 atom stereocenters. The lowest BCUT2D eigenvalue weighted by Crippen LogP contribution is -2.19. The van der Waals surface area contributed by atoms with Gasteiger partial charge in [-0.3, -0.25) is 0 Å². The van der Waals surface area contributed by atoms with Crippen molar-refractivity contribution in [2.45, 2.75) is 6.92 Å². The third-order valence-corrected chi connectivity index (χ3v) is 3.21. The summed E-state index contributed by atoms with van der Waals surface area (Å²) in [7, 11) is 0. The van der Waals surface area contributed by atoms with Gasteiger partial charge in [-0.05, 0) is 36.4 Å². The van der Waals surface area contributed by atoms with Gasteiger partial charge >= 0.3 is 6.03 Å². The highest BCUT2D eigenvalue weighted by atomic mass is 35.5. The first-order chi connectivity index (χ1) is 11.1. The summed E-state index contributed by atoms with van der Waals surface area (Å²) >= 11 is 5.88. The molecule has 116 valence electrons.